The molecule has 1 heterocycles. The van der Waals surface area contributed by atoms with Crippen molar-refractivity contribution < 1.29 is 0 Å². The van der Waals surface area contributed by atoms with E-state index in [1.165, 1.54) is 0 Å². The van der Waals surface area contributed by atoms with E-state index in [-0.39, 0.29) is 6.04 Å². The van der Waals surface area contributed by atoms with E-state index in [1.807, 2.05) is 56.3 Å². The molecule has 1 aromatic heterocycles. The Morgan fingerprint density at radius 3 is 2.43 bits per heavy atom. The van der Waals surface area contributed by atoms with Gasteiger partial charge in [0.05, 0.1) is 34.7 Å². The van der Waals surface area contributed by atoms with E-state index in [2.05, 4.69) is 33.7 Å². The number of anilines is 1. The number of benzene rings is 2. The van der Waals surface area contributed by atoms with Crippen molar-refractivity contribution >= 4 is 5.69 Å². The molecule has 0 aliphatic rings. The van der Waals surface area contributed by atoms with Gasteiger partial charge in [0.15, 0.2) is 0 Å². The van der Waals surface area contributed by atoms with Gasteiger partial charge in [0.1, 0.15) is 0 Å². The summed E-state index contributed by atoms with van der Waals surface area (Å²) >= 11 is 0. The smallest absolute Gasteiger partial charge is 0.0991 e. The number of rotatable bonds is 4. The molecule has 1 atom stereocenters. The third kappa shape index (κ3) is 3.09. The van der Waals surface area contributed by atoms with Gasteiger partial charge in [0.25, 0.3) is 0 Å². The van der Waals surface area contributed by atoms with Crippen molar-refractivity contribution in [3.05, 3.63) is 82.7 Å². The highest BCUT2D eigenvalue weighted by atomic mass is 15.2. The number of H-pyrrole nitrogens is 1. The largest absolute Gasteiger partial charge is 0.371 e. The molecule has 3 aromatic rings. The first kappa shape index (κ1) is 14.9. The maximum atomic E-state index is 9.17. The number of nitrogens with one attached hydrogen (secondary N) is 2. The molecule has 0 bridgehead atoms. The summed E-state index contributed by atoms with van der Waals surface area (Å²) in [6, 6.07) is 20.1. The minimum atomic E-state index is -0.0421. The van der Waals surface area contributed by atoms with Crippen molar-refractivity contribution in [3.63, 3.8) is 0 Å². The molecule has 3 rings (SSSR count). The average Bonchev–Trinajstić information content (AvgIpc) is 2.92. The molecule has 0 saturated heterocycles. The summed E-state index contributed by atoms with van der Waals surface area (Å²) < 4.78 is 0. The SMILES string of the molecule is Cc1n[nH]c(C)c1NC(c1ccccc1)c1cccc(C#N)c1. The normalized spacial score (nSPS) is 11.7. The monoisotopic (exact) mass is 302 g/mol. The quantitative estimate of drug-likeness (QED) is 0.762. The van der Waals surface area contributed by atoms with Crippen molar-refractivity contribution in [1.29, 1.82) is 5.26 Å². The molecule has 0 fully saturated rings. The third-order valence-corrected chi connectivity index (χ3v) is 3.90. The number of hydrogen-bond donors (Lipinski definition) is 2. The molecule has 0 amide bonds. The maximum absolute atomic E-state index is 9.17. The van der Waals surface area contributed by atoms with E-state index in [1.54, 1.807) is 0 Å². The zero-order valence-corrected chi connectivity index (χ0v) is 13.2. The summed E-state index contributed by atoms with van der Waals surface area (Å²) in [7, 11) is 0. The first-order valence-electron chi connectivity index (χ1n) is 7.52. The number of aromatic nitrogens is 2. The molecule has 23 heavy (non-hydrogen) atoms. The van der Waals surface area contributed by atoms with Crippen LogP contribution in [0.15, 0.2) is 54.6 Å². The highest BCUT2D eigenvalue weighted by Crippen LogP contribution is 2.29. The van der Waals surface area contributed by atoms with E-state index in [0.29, 0.717) is 5.56 Å². The predicted octanol–water partition coefficient (Wildman–Crippen LogP) is 4.10. The second-order valence-electron chi connectivity index (χ2n) is 5.53. The lowest BCUT2D eigenvalue weighted by Gasteiger charge is -2.21. The topological polar surface area (TPSA) is 64.5 Å². The van der Waals surface area contributed by atoms with Crippen LogP contribution >= 0.6 is 0 Å². The van der Waals surface area contributed by atoms with Crippen molar-refractivity contribution in [3.8, 4) is 6.07 Å². The van der Waals surface area contributed by atoms with Gasteiger partial charge in [0, 0.05) is 0 Å². The van der Waals surface area contributed by atoms with Crippen LogP contribution in [-0.4, -0.2) is 10.2 Å². The highest BCUT2D eigenvalue weighted by molar-refractivity contribution is 5.55. The zero-order valence-electron chi connectivity index (χ0n) is 13.2. The molecule has 1 unspecified atom stereocenters. The fraction of sp³-hybridized carbons (Fsp3) is 0.158. The Morgan fingerprint density at radius 2 is 1.78 bits per heavy atom. The van der Waals surface area contributed by atoms with Crippen LogP contribution in [0.25, 0.3) is 0 Å². The summed E-state index contributed by atoms with van der Waals surface area (Å²) in [6.07, 6.45) is 0. The maximum Gasteiger partial charge on any atom is 0.0991 e. The molecule has 2 N–H and O–H groups in total. The number of nitriles is 1. The Labute approximate surface area is 135 Å². The lowest BCUT2D eigenvalue weighted by Crippen LogP contribution is -2.13. The minimum Gasteiger partial charge on any atom is -0.371 e. The third-order valence-electron chi connectivity index (χ3n) is 3.90. The van der Waals surface area contributed by atoms with Crippen LogP contribution in [0.1, 0.15) is 34.1 Å². The second-order valence-corrected chi connectivity index (χ2v) is 5.53. The Kier molecular flexibility index (Phi) is 4.11. The fourth-order valence-corrected chi connectivity index (χ4v) is 2.70. The number of aryl methyl sites for hydroxylation is 2. The Bertz CT molecular complexity index is 824. The van der Waals surface area contributed by atoms with Crippen molar-refractivity contribution in [2.75, 3.05) is 5.32 Å². The zero-order chi connectivity index (χ0) is 16.2. The molecule has 4 heteroatoms. The number of aromatic amines is 1. The summed E-state index contributed by atoms with van der Waals surface area (Å²) in [5.74, 6) is 0. The van der Waals surface area contributed by atoms with E-state index < -0.39 is 0 Å². The van der Waals surface area contributed by atoms with Gasteiger partial charge < -0.3 is 5.32 Å². The van der Waals surface area contributed by atoms with Crippen molar-refractivity contribution in [2.45, 2.75) is 19.9 Å². The van der Waals surface area contributed by atoms with E-state index in [9.17, 15) is 5.26 Å². The van der Waals surface area contributed by atoms with Gasteiger partial charge in [-0.2, -0.15) is 10.4 Å². The summed E-state index contributed by atoms with van der Waals surface area (Å²) in [5.41, 5.74) is 5.78. The molecule has 4 nitrogen and oxygen atoms in total. The van der Waals surface area contributed by atoms with Gasteiger partial charge >= 0.3 is 0 Å². The summed E-state index contributed by atoms with van der Waals surface area (Å²) in [4.78, 5) is 0. The fourth-order valence-electron chi connectivity index (χ4n) is 2.70. The van der Waals surface area contributed by atoms with Gasteiger partial charge in [-0.3, -0.25) is 5.10 Å². The van der Waals surface area contributed by atoms with E-state index >= 15 is 0 Å². The lowest BCUT2D eigenvalue weighted by atomic mass is 9.97. The van der Waals surface area contributed by atoms with Gasteiger partial charge in [-0.25, -0.2) is 0 Å². The van der Waals surface area contributed by atoms with E-state index in [4.69, 9.17) is 0 Å². The van der Waals surface area contributed by atoms with Crippen LogP contribution in [-0.2, 0) is 0 Å². The van der Waals surface area contributed by atoms with Crippen LogP contribution in [0.4, 0.5) is 5.69 Å². The van der Waals surface area contributed by atoms with Crippen LogP contribution in [0.3, 0.4) is 0 Å². The predicted molar refractivity (Wildman–Crippen MR) is 91.1 cm³/mol. The number of hydrogen-bond acceptors (Lipinski definition) is 3. The first-order chi connectivity index (χ1) is 11.2. The molecule has 114 valence electrons. The summed E-state index contributed by atoms with van der Waals surface area (Å²) in [6.45, 7) is 3.97. The molecule has 2 aromatic carbocycles. The molecular formula is C19H18N4. The van der Waals surface area contributed by atoms with Gasteiger partial charge in [-0.05, 0) is 37.1 Å². The minimum absolute atomic E-state index is 0.0421. The summed E-state index contributed by atoms with van der Waals surface area (Å²) in [5, 5.41) is 20.0. The van der Waals surface area contributed by atoms with Crippen molar-refractivity contribution in [1.82, 2.24) is 10.2 Å². The van der Waals surface area contributed by atoms with Crippen LogP contribution < -0.4 is 5.32 Å². The average molecular weight is 302 g/mol. The highest BCUT2D eigenvalue weighted by Gasteiger charge is 2.17. The van der Waals surface area contributed by atoms with Crippen LogP contribution in [0.5, 0.6) is 0 Å². The number of nitrogens with zero attached hydrogens (tertiary/aromatic N) is 2. The molecule has 0 spiro atoms. The molecular weight excluding hydrogens is 284 g/mol. The molecule has 0 aliphatic carbocycles. The standard InChI is InChI=1S/C19H18N4/c1-13-18(14(2)23-22-13)21-19(16-8-4-3-5-9-16)17-10-6-7-15(11-17)12-20/h3-11,19,21H,1-2H3,(H,22,23). The Morgan fingerprint density at radius 1 is 1.04 bits per heavy atom. The van der Waals surface area contributed by atoms with Crippen molar-refractivity contribution in [2.24, 2.45) is 0 Å². The van der Waals surface area contributed by atoms with Crippen LogP contribution in [0, 0.1) is 25.2 Å². The molecule has 0 radical (unpaired) electrons. The van der Waals surface area contributed by atoms with Gasteiger partial charge in [-0.1, -0.05) is 42.5 Å². The Hall–Kier alpha value is -3.06. The first-order valence-corrected chi connectivity index (χ1v) is 7.52. The van der Waals surface area contributed by atoms with E-state index in [0.717, 1.165) is 28.2 Å². The van der Waals surface area contributed by atoms with Gasteiger partial charge in [0.2, 0.25) is 0 Å². The Balaban J connectivity index is 2.06. The lowest BCUT2D eigenvalue weighted by molar-refractivity contribution is 0.933. The van der Waals surface area contributed by atoms with Gasteiger partial charge in [-0.15, -0.1) is 0 Å². The molecule has 0 saturated carbocycles. The molecule has 0 aliphatic heterocycles. The second kappa shape index (κ2) is 6.37. The van der Waals surface area contributed by atoms with Crippen LogP contribution in [0.2, 0.25) is 0 Å².